The molecule has 0 radical (unpaired) electrons. The van der Waals surface area contributed by atoms with Gasteiger partial charge in [-0.05, 0) is 53.9 Å². The predicted octanol–water partition coefficient (Wildman–Crippen LogP) is 4.43. The normalized spacial score (nSPS) is 12.0. The average Bonchev–Trinajstić information content (AvgIpc) is 3.14. The van der Waals surface area contributed by atoms with Gasteiger partial charge in [0, 0.05) is 23.2 Å². The lowest BCUT2D eigenvalue weighted by Gasteiger charge is -2.10. The minimum atomic E-state index is -0.205. The van der Waals surface area contributed by atoms with Gasteiger partial charge in [0.1, 0.15) is 11.6 Å². The second kappa shape index (κ2) is 5.67. The van der Waals surface area contributed by atoms with E-state index in [4.69, 9.17) is 4.74 Å². The van der Waals surface area contributed by atoms with Crippen LogP contribution in [0, 0.1) is 5.82 Å². The van der Waals surface area contributed by atoms with Crippen LogP contribution in [-0.4, -0.2) is 17.3 Å². The van der Waals surface area contributed by atoms with Crippen molar-refractivity contribution in [2.24, 2.45) is 0 Å². The minimum Gasteiger partial charge on any atom is -0.496 e. The summed E-state index contributed by atoms with van der Waals surface area (Å²) in [7, 11) is 1.68. The molecule has 3 aromatic rings. The number of aromatic amines is 1. The molecule has 5 heteroatoms. The van der Waals surface area contributed by atoms with Gasteiger partial charge >= 0.3 is 0 Å². The molecule has 0 fully saturated rings. The molecule has 0 spiro atoms. The maximum absolute atomic E-state index is 13.4. The highest BCUT2D eigenvalue weighted by Crippen LogP contribution is 2.39. The molecule has 0 bridgehead atoms. The van der Waals surface area contributed by atoms with Gasteiger partial charge in [0.2, 0.25) is 0 Å². The van der Waals surface area contributed by atoms with Gasteiger partial charge in [0.05, 0.1) is 12.8 Å². The number of halogens is 1. The Morgan fingerprint density at radius 2 is 2.12 bits per heavy atom. The second-order valence-electron chi connectivity index (χ2n) is 5.91. The number of nitrogens with one attached hydrogen (secondary N) is 2. The maximum atomic E-state index is 13.4. The molecule has 2 N–H and O–H groups in total. The van der Waals surface area contributed by atoms with E-state index < -0.39 is 0 Å². The first-order valence-corrected chi connectivity index (χ1v) is 7.99. The van der Waals surface area contributed by atoms with Gasteiger partial charge in [-0.3, -0.25) is 5.10 Å². The van der Waals surface area contributed by atoms with Crippen molar-refractivity contribution in [1.82, 2.24) is 10.2 Å². The van der Waals surface area contributed by atoms with Crippen LogP contribution in [0.5, 0.6) is 5.75 Å². The largest absolute Gasteiger partial charge is 0.496 e. The standard InChI is InChI=1S/C19H18FN3O/c1-3-11-9-14(5-7-17(11)24-2)21-19-16-10-12-8-13(20)4-6-15(12)18(16)22-23-19/h4-9H,3,10H2,1-2H3,(H2,21,22,23). The van der Waals surface area contributed by atoms with Crippen LogP contribution in [0.15, 0.2) is 36.4 Å². The Bertz CT molecular complexity index is 917. The first kappa shape index (κ1) is 14.8. The number of H-pyrrole nitrogens is 1. The number of aromatic nitrogens is 2. The van der Waals surface area contributed by atoms with Gasteiger partial charge in [-0.2, -0.15) is 5.10 Å². The highest BCUT2D eigenvalue weighted by atomic mass is 19.1. The zero-order valence-electron chi connectivity index (χ0n) is 13.6. The molecule has 1 aromatic heterocycles. The van der Waals surface area contributed by atoms with Crippen LogP contribution in [0.2, 0.25) is 0 Å². The third kappa shape index (κ3) is 2.33. The first-order chi connectivity index (χ1) is 11.7. The van der Waals surface area contributed by atoms with Crippen molar-refractivity contribution in [3.63, 3.8) is 0 Å². The number of ether oxygens (including phenoxy) is 1. The smallest absolute Gasteiger partial charge is 0.156 e. The van der Waals surface area contributed by atoms with Gasteiger partial charge < -0.3 is 10.1 Å². The van der Waals surface area contributed by atoms with Crippen molar-refractivity contribution >= 4 is 11.5 Å². The van der Waals surface area contributed by atoms with Crippen molar-refractivity contribution < 1.29 is 9.13 Å². The number of aryl methyl sites for hydroxylation is 1. The number of anilines is 2. The summed E-state index contributed by atoms with van der Waals surface area (Å²) in [5.74, 6) is 1.47. The summed E-state index contributed by atoms with van der Waals surface area (Å²) in [5, 5.41) is 10.8. The van der Waals surface area contributed by atoms with Crippen molar-refractivity contribution in [3.8, 4) is 17.0 Å². The highest BCUT2D eigenvalue weighted by molar-refractivity contribution is 5.79. The van der Waals surface area contributed by atoms with E-state index >= 15 is 0 Å². The molecule has 4 nitrogen and oxygen atoms in total. The summed E-state index contributed by atoms with van der Waals surface area (Å²) in [6.45, 7) is 2.10. The zero-order valence-corrected chi connectivity index (χ0v) is 13.6. The van der Waals surface area contributed by atoms with Crippen LogP contribution in [0.4, 0.5) is 15.9 Å². The molecule has 1 aliphatic rings. The van der Waals surface area contributed by atoms with Gasteiger partial charge in [-0.15, -0.1) is 0 Å². The fourth-order valence-electron chi connectivity index (χ4n) is 3.28. The molecule has 122 valence electrons. The molecule has 1 aliphatic carbocycles. The molecule has 1 heterocycles. The second-order valence-corrected chi connectivity index (χ2v) is 5.91. The third-order valence-electron chi connectivity index (χ3n) is 4.50. The summed E-state index contributed by atoms with van der Waals surface area (Å²) in [4.78, 5) is 0. The van der Waals surface area contributed by atoms with E-state index in [-0.39, 0.29) is 5.82 Å². The topological polar surface area (TPSA) is 49.9 Å². The van der Waals surface area contributed by atoms with Crippen LogP contribution in [0.3, 0.4) is 0 Å². The van der Waals surface area contributed by atoms with E-state index in [1.165, 1.54) is 6.07 Å². The molecule has 24 heavy (non-hydrogen) atoms. The van der Waals surface area contributed by atoms with Crippen molar-refractivity contribution in [3.05, 3.63) is 58.9 Å². The first-order valence-electron chi connectivity index (χ1n) is 7.99. The zero-order chi connectivity index (χ0) is 16.7. The number of methoxy groups -OCH3 is 1. The summed E-state index contributed by atoms with van der Waals surface area (Å²) >= 11 is 0. The Hall–Kier alpha value is -2.82. The molecule has 0 aliphatic heterocycles. The van der Waals surface area contributed by atoms with Crippen LogP contribution in [-0.2, 0) is 12.8 Å². The Labute approximate surface area is 139 Å². The lowest BCUT2D eigenvalue weighted by atomic mass is 10.1. The highest BCUT2D eigenvalue weighted by Gasteiger charge is 2.25. The number of benzene rings is 2. The Morgan fingerprint density at radius 1 is 1.25 bits per heavy atom. The average molecular weight is 323 g/mol. The lowest BCUT2D eigenvalue weighted by molar-refractivity contribution is 0.410. The van der Waals surface area contributed by atoms with E-state index in [0.717, 1.165) is 51.6 Å². The van der Waals surface area contributed by atoms with E-state index in [0.29, 0.717) is 6.42 Å². The van der Waals surface area contributed by atoms with Crippen LogP contribution in [0.25, 0.3) is 11.3 Å². The summed E-state index contributed by atoms with van der Waals surface area (Å²) in [6.07, 6.45) is 1.57. The van der Waals surface area contributed by atoms with Gasteiger partial charge in [-0.25, -0.2) is 4.39 Å². The molecule has 0 atom stereocenters. The molecule has 4 rings (SSSR count). The Balaban J connectivity index is 1.66. The minimum absolute atomic E-state index is 0.205. The molecule has 2 aromatic carbocycles. The molecule has 0 saturated heterocycles. The third-order valence-corrected chi connectivity index (χ3v) is 4.50. The Morgan fingerprint density at radius 3 is 2.92 bits per heavy atom. The summed E-state index contributed by atoms with van der Waals surface area (Å²) in [5.41, 5.74) is 6.16. The number of hydrogen-bond donors (Lipinski definition) is 2. The van der Waals surface area contributed by atoms with Crippen LogP contribution in [0.1, 0.15) is 23.6 Å². The summed E-state index contributed by atoms with van der Waals surface area (Å²) in [6, 6.07) is 10.9. The quantitative estimate of drug-likeness (QED) is 0.584. The maximum Gasteiger partial charge on any atom is 0.156 e. The van der Waals surface area contributed by atoms with Gasteiger partial charge in [0.15, 0.2) is 5.82 Å². The van der Waals surface area contributed by atoms with Gasteiger partial charge in [0.25, 0.3) is 0 Å². The van der Waals surface area contributed by atoms with Crippen molar-refractivity contribution in [2.45, 2.75) is 19.8 Å². The predicted molar refractivity (Wildman–Crippen MR) is 92.4 cm³/mol. The monoisotopic (exact) mass is 323 g/mol. The fraction of sp³-hybridized carbons (Fsp3) is 0.211. The number of nitrogens with zero attached hydrogens (tertiary/aromatic N) is 1. The van der Waals surface area contributed by atoms with Crippen molar-refractivity contribution in [2.75, 3.05) is 12.4 Å². The van der Waals surface area contributed by atoms with E-state index in [9.17, 15) is 4.39 Å². The Kier molecular flexibility index (Phi) is 3.49. The van der Waals surface area contributed by atoms with E-state index in [2.05, 4.69) is 28.5 Å². The molecule has 0 unspecified atom stereocenters. The molecule has 0 saturated carbocycles. The summed E-state index contributed by atoms with van der Waals surface area (Å²) < 4.78 is 18.8. The number of hydrogen-bond acceptors (Lipinski definition) is 3. The molecule has 0 amide bonds. The van der Waals surface area contributed by atoms with Gasteiger partial charge in [-0.1, -0.05) is 6.92 Å². The van der Waals surface area contributed by atoms with E-state index in [1.54, 1.807) is 19.2 Å². The lowest BCUT2D eigenvalue weighted by Crippen LogP contribution is -1.97. The van der Waals surface area contributed by atoms with E-state index in [1.807, 2.05) is 12.1 Å². The van der Waals surface area contributed by atoms with Crippen molar-refractivity contribution in [1.29, 1.82) is 0 Å². The fourth-order valence-corrected chi connectivity index (χ4v) is 3.28. The molecular formula is C19H18FN3O. The number of rotatable bonds is 4. The number of fused-ring (bicyclic) bond motifs is 3. The SMILES string of the molecule is CCc1cc(Nc2n[nH]c3c2Cc2cc(F)ccc2-3)ccc1OC. The van der Waals surface area contributed by atoms with Crippen LogP contribution < -0.4 is 10.1 Å². The van der Waals surface area contributed by atoms with Crippen LogP contribution >= 0.6 is 0 Å². The molecular weight excluding hydrogens is 305 g/mol.